The van der Waals surface area contributed by atoms with Gasteiger partial charge in [-0.05, 0) is 31.2 Å². The van der Waals surface area contributed by atoms with Crippen molar-refractivity contribution in [2.24, 2.45) is 0 Å². The first-order valence-electron chi connectivity index (χ1n) is 6.17. The van der Waals surface area contributed by atoms with Crippen LogP contribution in [0.2, 0.25) is 0 Å². The molecule has 0 aliphatic rings. The van der Waals surface area contributed by atoms with Gasteiger partial charge in [-0.25, -0.2) is 0 Å². The molecule has 0 bridgehead atoms. The number of rotatable bonds is 3. The number of carbonyl (C=O) groups is 1. The summed E-state index contributed by atoms with van der Waals surface area (Å²) in [5.41, 5.74) is 1.38. The molecule has 0 aliphatic heterocycles. The van der Waals surface area contributed by atoms with E-state index in [-0.39, 0.29) is 5.69 Å². The third-order valence-electron chi connectivity index (χ3n) is 3.02. The second-order valence-electron chi connectivity index (χ2n) is 4.61. The van der Waals surface area contributed by atoms with Crippen molar-refractivity contribution in [2.45, 2.75) is 19.0 Å². The first-order valence-corrected chi connectivity index (χ1v) is 6.17. The molecule has 0 fully saturated rings. The zero-order valence-electron chi connectivity index (χ0n) is 11.7. The maximum atomic E-state index is 13.7. The van der Waals surface area contributed by atoms with Gasteiger partial charge in [0.2, 0.25) is 0 Å². The lowest BCUT2D eigenvalue weighted by Gasteiger charge is -2.24. The molecule has 0 spiro atoms. The number of aromatic nitrogens is 1. The van der Waals surface area contributed by atoms with Gasteiger partial charge in [0, 0.05) is 23.9 Å². The van der Waals surface area contributed by atoms with Crippen LogP contribution in [0.5, 0.6) is 0 Å². The molecule has 8 heteroatoms. The summed E-state index contributed by atoms with van der Waals surface area (Å²) in [7, 11) is 0.472. The Kier molecular flexibility index (Phi) is 4.06. The fourth-order valence-corrected chi connectivity index (χ4v) is 1.85. The second kappa shape index (κ2) is 5.53. The summed E-state index contributed by atoms with van der Waals surface area (Å²) in [5.74, 6) is -6.35. The number of fused-ring (bicyclic) bond motifs is 1. The van der Waals surface area contributed by atoms with Crippen molar-refractivity contribution in [3.05, 3.63) is 36.0 Å². The largest absolute Gasteiger partial charge is 0.458 e. The van der Waals surface area contributed by atoms with E-state index < -0.39 is 17.9 Å². The van der Waals surface area contributed by atoms with E-state index in [0.717, 1.165) is 5.69 Å². The number of nitrogens with zero attached hydrogens (tertiary/aromatic N) is 1. The van der Waals surface area contributed by atoms with Crippen LogP contribution in [0.1, 0.15) is 5.69 Å². The predicted molar refractivity (Wildman–Crippen MR) is 72.0 cm³/mol. The van der Waals surface area contributed by atoms with Crippen LogP contribution in [0.15, 0.2) is 30.3 Å². The minimum absolute atomic E-state index is 0.00600. The lowest BCUT2D eigenvalue weighted by molar-refractivity contribution is -0.305. The smallest absolute Gasteiger partial charge is 0.335 e. The monoisotopic (exact) mass is 316 g/mol. The van der Waals surface area contributed by atoms with Crippen molar-refractivity contribution in [1.29, 1.82) is 0 Å². The molecule has 1 aromatic heterocycles. The summed E-state index contributed by atoms with van der Waals surface area (Å²) < 4.78 is 55.2. The molecule has 0 unspecified atom stereocenters. The third-order valence-corrected chi connectivity index (χ3v) is 3.02. The number of carbonyl (C=O) groups excluding carboxylic acids is 1. The molecule has 1 amide bonds. The zero-order chi connectivity index (χ0) is 16.5. The lowest BCUT2D eigenvalue weighted by Crippen LogP contribution is -2.52. The molecule has 0 saturated heterocycles. The topological polar surface area (TPSA) is 51.2 Å². The van der Waals surface area contributed by atoms with Crippen LogP contribution in [-0.2, 0) is 9.53 Å². The first kappa shape index (κ1) is 16.2. The average Bonchev–Trinajstić information content (AvgIpc) is 2.45. The number of benzene rings is 1. The fraction of sp³-hybridized carbons (Fsp3) is 0.286. The Labute approximate surface area is 123 Å². The highest BCUT2D eigenvalue weighted by molar-refractivity contribution is 5.98. The van der Waals surface area contributed by atoms with Crippen LogP contribution in [0.25, 0.3) is 10.9 Å². The number of hydrogen-bond donors (Lipinski definition) is 1. The van der Waals surface area contributed by atoms with Gasteiger partial charge >= 0.3 is 12.0 Å². The SMILES string of the molecule is CO[C@@](F)(C(=O)Nc1ccc2nc(C)ccc2c1)C(F)(F)F. The van der Waals surface area contributed by atoms with Crippen molar-refractivity contribution < 1.29 is 27.1 Å². The number of amides is 1. The van der Waals surface area contributed by atoms with Crippen LogP contribution in [0.4, 0.5) is 23.2 Å². The van der Waals surface area contributed by atoms with E-state index in [0.29, 0.717) is 18.0 Å². The molecular weight excluding hydrogens is 304 g/mol. The number of anilines is 1. The van der Waals surface area contributed by atoms with Crippen molar-refractivity contribution in [3.8, 4) is 0 Å². The van der Waals surface area contributed by atoms with E-state index in [1.54, 1.807) is 19.1 Å². The number of nitrogens with one attached hydrogen (secondary N) is 1. The van der Waals surface area contributed by atoms with Crippen molar-refractivity contribution in [3.63, 3.8) is 0 Å². The molecular formula is C14H12F4N2O2. The van der Waals surface area contributed by atoms with Crippen LogP contribution in [-0.4, -0.2) is 30.0 Å². The van der Waals surface area contributed by atoms with E-state index >= 15 is 0 Å². The van der Waals surface area contributed by atoms with Gasteiger partial charge in [-0.3, -0.25) is 9.78 Å². The molecule has 0 aliphatic carbocycles. The Hall–Kier alpha value is -2.22. The number of ether oxygens (including phenoxy) is 1. The Morgan fingerprint density at radius 2 is 1.86 bits per heavy atom. The van der Waals surface area contributed by atoms with Gasteiger partial charge in [0.05, 0.1) is 5.52 Å². The highest BCUT2D eigenvalue weighted by atomic mass is 19.4. The minimum Gasteiger partial charge on any atom is -0.335 e. The standard InChI is InChI=1S/C14H12F4N2O2/c1-8-3-4-9-7-10(5-6-11(9)19-8)20-12(21)13(15,22-2)14(16,17)18/h3-7H,1-2H3,(H,20,21)/t13-/m0/s1. The number of halogens is 4. The van der Waals surface area contributed by atoms with Crippen LogP contribution in [0, 0.1) is 6.92 Å². The number of pyridine rings is 1. The Morgan fingerprint density at radius 3 is 2.45 bits per heavy atom. The normalized spacial score (nSPS) is 14.6. The van der Waals surface area contributed by atoms with Crippen molar-refractivity contribution in [1.82, 2.24) is 4.98 Å². The fourth-order valence-electron chi connectivity index (χ4n) is 1.85. The summed E-state index contributed by atoms with van der Waals surface area (Å²) in [6, 6.07) is 7.64. The molecule has 1 N–H and O–H groups in total. The van der Waals surface area contributed by atoms with Gasteiger partial charge < -0.3 is 10.1 Å². The zero-order valence-corrected chi connectivity index (χ0v) is 11.7. The summed E-state index contributed by atoms with van der Waals surface area (Å²) in [6.45, 7) is 1.79. The Morgan fingerprint density at radius 1 is 1.18 bits per heavy atom. The second-order valence-corrected chi connectivity index (χ2v) is 4.61. The van der Waals surface area contributed by atoms with Gasteiger partial charge in [0.1, 0.15) is 0 Å². The molecule has 4 nitrogen and oxygen atoms in total. The maximum Gasteiger partial charge on any atom is 0.458 e. The Balaban J connectivity index is 2.30. The molecule has 0 saturated carbocycles. The van der Waals surface area contributed by atoms with Gasteiger partial charge in [0.25, 0.3) is 5.91 Å². The first-order chi connectivity index (χ1) is 10.2. The van der Waals surface area contributed by atoms with E-state index in [1.165, 1.54) is 18.2 Å². The van der Waals surface area contributed by atoms with E-state index in [9.17, 15) is 22.4 Å². The number of aryl methyl sites for hydroxylation is 1. The molecule has 2 rings (SSSR count). The van der Waals surface area contributed by atoms with Crippen LogP contribution >= 0.6 is 0 Å². The summed E-state index contributed by atoms with van der Waals surface area (Å²) in [4.78, 5) is 15.8. The van der Waals surface area contributed by atoms with Gasteiger partial charge in [-0.15, -0.1) is 0 Å². The number of methoxy groups -OCH3 is 1. The van der Waals surface area contributed by atoms with E-state index in [2.05, 4.69) is 9.72 Å². The highest BCUT2D eigenvalue weighted by Gasteiger charge is 2.63. The molecule has 22 heavy (non-hydrogen) atoms. The minimum atomic E-state index is -5.48. The van der Waals surface area contributed by atoms with E-state index in [1.807, 2.05) is 5.32 Å². The highest BCUT2D eigenvalue weighted by Crippen LogP contribution is 2.35. The summed E-state index contributed by atoms with van der Waals surface area (Å²) in [6.07, 6.45) is -5.48. The van der Waals surface area contributed by atoms with Gasteiger partial charge in [0.15, 0.2) is 0 Å². The molecule has 1 atom stereocenters. The number of hydrogen-bond acceptors (Lipinski definition) is 3. The van der Waals surface area contributed by atoms with Crippen molar-refractivity contribution >= 4 is 22.5 Å². The quantitative estimate of drug-likeness (QED) is 0.884. The van der Waals surface area contributed by atoms with Gasteiger partial charge in [-0.2, -0.15) is 17.6 Å². The predicted octanol–water partition coefficient (Wildman–Crippen LogP) is 3.36. The maximum absolute atomic E-state index is 13.7. The van der Waals surface area contributed by atoms with Crippen LogP contribution in [0.3, 0.4) is 0 Å². The molecule has 0 radical (unpaired) electrons. The van der Waals surface area contributed by atoms with Crippen molar-refractivity contribution in [2.75, 3.05) is 12.4 Å². The molecule has 1 heterocycles. The molecule has 1 aromatic carbocycles. The van der Waals surface area contributed by atoms with Gasteiger partial charge in [-0.1, -0.05) is 6.07 Å². The lowest BCUT2D eigenvalue weighted by atomic mass is 10.1. The number of alkyl halides is 4. The average molecular weight is 316 g/mol. The third kappa shape index (κ3) is 2.87. The Bertz CT molecular complexity index is 718. The van der Waals surface area contributed by atoms with Crippen LogP contribution < -0.4 is 5.32 Å². The summed E-state index contributed by atoms with van der Waals surface area (Å²) >= 11 is 0. The van der Waals surface area contributed by atoms with E-state index in [4.69, 9.17) is 0 Å². The molecule has 118 valence electrons. The molecule has 2 aromatic rings. The summed E-state index contributed by atoms with van der Waals surface area (Å²) in [5, 5.41) is 2.45.